The number of nitrogens with zero attached hydrogens (tertiary/aromatic N) is 2. The van der Waals surface area contributed by atoms with Crippen molar-refractivity contribution in [3.63, 3.8) is 0 Å². The monoisotopic (exact) mass is 470 g/mol. The van der Waals surface area contributed by atoms with Crippen molar-refractivity contribution in [3.8, 4) is 11.5 Å². The standard InChI is InChI=1S/C24H30N2O6Si/c1-8-31-23(28)21-22(27)17-13-19(29-3)20(30-4)14-18(17)24(26-25-21,32-33(5,6)7)16-11-9-15(2)10-12-16/h9-14,27H,8H2,1-7H3. The summed E-state index contributed by atoms with van der Waals surface area (Å²) in [6.45, 7) is 9.88. The van der Waals surface area contributed by atoms with Crippen LogP contribution in [-0.2, 0) is 19.7 Å². The molecule has 8 nitrogen and oxygen atoms in total. The molecule has 2 aromatic rings. The highest BCUT2D eigenvalue weighted by atomic mass is 28.4. The molecule has 0 radical (unpaired) electrons. The van der Waals surface area contributed by atoms with Gasteiger partial charge in [0.1, 0.15) is 0 Å². The van der Waals surface area contributed by atoms with E-state index in [9.17, 15) is 9.90 Å². The highest BCUT2D eigenvalue weighted by Gasteiger charge is 2.45. The first-order valence-electron chi connectivity index (χ1n) is 10.6. The summed E-state index contributed by atoms with van der Waals surface area (Å²) in [5, 5.41) is 19.9. The molecule has 0 fully saturated rings. The third kappa shape index (κ3) is 4.79. The van der Waals surface area contributed by atoms with Gasteiger partial charge < -0.3 is 23.7 Å². The fraction of sp³-hybridized carbons (Fsp3) is 0.375. The third-order valence-corrected chi connectivity index (χ3v) is 5.93. The number of rotatable bonds is 7. The van der Waals surface area contributed by atoms with Gasteiger partial charge in [0.05, 0.1) is 20.8 Å². The number of carbonyl (C=O) groups excluding carboxylic acids is 1. The van der Waals surface area contributed by atoms with Crippen molar-refractivity contribution in [2.45, 2.75) is 39.2 Å². The van der Waals surface area contributed by atoms with E-state index in [1.807, 2.05) is 50.8 Å². The molecule has 176 valence electrons. The molecule has 1 aliphatic rings. The Bertz CT molecular complexity index is 1110. The van der Waals surface area contributed by atoms with Gasteiger partial charge in [-0.1, -0.05) is 29.8 Å². The van der Waals surface area contributed by atoms with Gasteiger partial charge in [-0.15, -0.1) is 10.2 Å². The molecular formula is C24H30N2O6Si. The van der Waals surface area contributed by atoms with E-state index in [0.29, 0.717) is 28.2 Å². The van der Waals surface area contributed by atoms with Gasteiger partial charge in [0.2, 0.25) is 11.4 Å². The van der Waals surface area contributed by atoms with E-state index < -0.39 is 20.0 Å². The Morgan fingerprint density at radius 3 is 2.21 bits per heavy atom. The van der Waals surface area contributed by atoms with Crippen molar-refractivity contribution in [2.75, 3.05) is 20.8 Å². The lowest BCUT2D eigenvalue weighted by molar-refractivity contribution is -0.138. The number of aliphatic hydroxyl groups excluding tert-OH is 1. The fourth-order valence-corrected chi connectivity index (χ4v) is 4.77. The number of fused-ring (bicyclic) bond motifs is 1. The van der Waals surface area contributed by atoms with E-state index in [2.05, 4.69) is 10.2 Å². The Balaban J connectivity index is 2.45. The number of azo groups is 1. The average molecular weight is 471 g/mol. The molecule has 2 aromatic carbocycles. The van der Waals surface area contributed by atoms with Crippen molar-refractivity contribution < 1.29 is 28.5 Å². The molecule has 9 heteroatoms. The van der Waals surface area contributed by atoms with Gasteiger partial charge in [0.15, 0.2) is 25.6 Å². The summed E-state index contributed by atoms with van der Waals surface area (Å²) in [6.07, 6.45) is 0. The third-order valence-electron chi connectivity index (χ3n) is 5.02. The van der Waals surface area contributed by atoms with Gasteiger partial charge >= 0.3 is 5.97 Å². The van der Waals surface area contributed by atoms with Gasteiger partial charge in [0.25, 0.3) is 0 Å². The Kier molecular flexibility index (Phi) is 6.94. The lowest BCUT2D eigenvalue weighted by atomic mass is 9.89. The summed E-state index contributed by atoms with van der Waals surface area (Å²) in [4.78, 5) is 12.6. The van der Waals surface area contributed by atoms with E-state index >= 15 is 0 Å². The second kappa shape index (κ2) is 9.36. The zero-order valence-electron chi connectivity index (χ0n) is 20.1. The summed E-state index contributed by atoms with van der Waals surface area (Å²) in [5.74, 6) is -0.360. The van der Waals surface area contributed by atoms with Crippen LogP contribution in [0.15, 0.2) is 52.3 Å². The lowest BCUT2D eigenvalue weighted by Crippen LogP contribution is -2.40. The molecule has 0 saturated heterocycles. The summed E-state index contributed by atoms with van der Waals surface area (Å²) in [5.41, 5.74) is 0.791. The Morgan fingerprint density at radius 1 is 1.06 bits per heavy atom. The number of hydrogen-bond acceptors (Lipinski definition) is 8. The second-order valence-electron chi connectivity index (χ2n) is 8.59. The molecule has 0 spiro atoms. The Morgan fingerprint density at radius 2 is 1.67 bits per heavy atom. The summed E-state index contributed by atoms with van der Waals surface area (Å²) in [7, 11) is 0.735. The first-order valence-corrected chi connectivity index (χ1v) is 14.0. The molecule has 0 saturated carbocycles. The van der Waals surface area contributed by atoms with Crippen LogP contribution in [-0.4, -0.2) is 40.2 Å². The van der Waals surface area contributed by atoms with Crippen LogP contribution in [0.5, 0.6) is 11.5 Å². The lowest BCUT2D eigenvalue weighted by Gasteiger charge is -2.36. The number of ether oxygens (including phenoxy) is 3. The van der Waals surface area contributed by atoms with Crippen LogP contribution < -0.4 is 9.47 Å². The molecule has 1 N–H and O–H groups in total. The number of benzene rings is 2. The number of esters is 1. The highest BCUT2D eigenvalue weighted by Crippen LogP contribution is 2.47. The normalized spacial score (nSPS) is 17.9. The molecule has 3 rings (SSSR count). The van der Waals surface area contributed by atoms with Gasteiger partial charge in [-0.05, 0) is 45.6 Å². The minimum absolute atomic E-state index is 0.123. The molecule has 1 unspecified atom stereocenters. The van der Waals surface area contributed by atoms with Gasteiger partial charge in [0, 0.05) is 16.7 Å². The van der Waals surface area contributed by atoms with Crippen LogP contribution in [0.25, 0.3) is 5.76 Å². The molecule has 0 bridgehead atoms. The summed E-state index contributed by atoms with van der Waals surface area (Å²) < 4.78 is 22.8. The SMILES string of the molecule is CCOC(=O)C1=C(O)c2cc(OC)c(OC)cc2C(O[Si](C)(C)C)(c2ccc(C)cc2)N=N1. The largest absolute Gasteiger partial charge is 0.505 e. The molecule has 0 aliphatic carbocycles. The molecule has 0 amide bonds. The van der Waals surface area contributed by atoms with Crippen LogP contribution in [0.2, 0.25) is 19.6 Å². The molecule has 0 aromatic heterocycles. The topological polar surface area (TPSA) is 98.9 Å². The van der Waals surface area contributed by atoms with Crippen LogP contribution in [0.3, 0.4) is 0 Å². The van der Waals surface area contributed by atoms with Gasteiger partial charge in [-0.3, -0.25) is 0 Å². The Hall–Kier alpha value is -3.17. The predicted octanol–water partition coefficient (Wildman–Crippen LogP) is 5.32. The van der Waals surface area contributed by atoms with E-state index in [1.54, 1.807) is 19.1 Å². The van der Waals surface area contributed by atoms with Crippen molar-refractivity contribution in [1.29, 1.82) is 0 Å². The second-order valence-corrected chi connectivity index (χ2v) is 13.0. The zero-order valence-corrected chi connectivity index (χ0v) is 21.1. The average Bonchev–Trinajstić information content (AvgIpc) is 2.87. The first-order chi connectivity index (χ1) is 15.6. The maximum Gasteiger partial charge on any atom is 0.362 e. The number of aliphatic hydroxyl groups is 1. The van der Waals surface area contributed by atoms with Crippen LogP contribution >= 0.6 is 0 Å². The molecule has 1 heterocycles. The van der Waals surface area contributed by atoms with E-state index in [-0.39, 0.29) is 18.1 Å². The van der Waals surface area contributed by atoms with Gasteiger partial charge in [-0.25, -0.2) is 4.79 Å². The number of carbonyl (C=O) groups is 1. The molecule has 1 atom stereocenters. The smallest absolute Gasteiger partial charge is 0.362 e. The minimum atomic E-state index is -2.28. The summed E-state index contributed by atoms with van der Waals surface area (Å²) >= 11 is 0. The number of aryl methyl sites for hydroxylation is 1. The fourth-order valence-electron chi connectivity index (χ4n) is 3.61. The maximum atomic E-state index is 12.6. The van der Waals surface area contributed by atoms with Crippen molar-refractivity contribution in [3.05, 3.63) is 64.3 Å². The number of hydrogen-bond donors (Lipinski definition) is 1. The maximum absolute atomic E-state index is 12.6. The van der Waals surface area contributed by atoms with E-state index in [1.165, 1.54) is 14.2 Å². The minimum Gasteiger partial charge on any atom is -0.505 e. The van der Waals surface area contributed by atoms with Crippen LogP contribution in [0, 0.1) is 6.92 Å². The first kappa shape index (κ1) is 24.5. The van der Waals surface area contributed by atoms with E-state index in [0.717, 1.165) is 5.56 Å². The van der Waals surface area contributed by atoms with Crippen LogP contribution in [0.1, 0.15) is 29.2 Å². The van der Waals surface area contributed by atoms with Crippen molar-refractivity contribution >= 4 is 20.0 Å². The number of methoxy groups -OCH3 is 2. The van der Waals surface area contributed by atoms with Crippen molar-refractivity contribution in [1.82, 2.24) is 0 Å². The highest BCUT2D eigenvalue weighted by molar-refractivity contribution is 6.69. The summed E-state index contributed by atoms with van der Waals surface area (Å²) in [6, 6.07) is 11.0. The molecule has 1 aliphatic heterocycles. The molecular weight excluding hydrogens is 440 g/mol. The predicted molar refractivity (Wildman–Crippen MR) is 127 cm³/mol. The Labute approximate surface area is 195 Å². The van der Waals surface area contributed by atoms with Gasteiger partial charge in [-0.2, -0.15) is 0 Å². The quantitative estimate of drug-likeness (QED) is 0.434. The van der Waals surface area contributed by atoms with Crippen LogP contribution in [0.4, 0.5) is 0 Å². The van der Waals surface area contributed by atoms with E-state index in [4.69, 9.17) is 18.6 Å². The van der Waals surface area contributed by atoms with Crippen molar-refractivity contribution in [2.24, 2.45) is 10.2 Å². The molecule has 33 heavy (non-hydrogen) atoms. The zero-order chi connectivity index (χ0) is 24.4.